The number of carbonyl (C=O) groups excluding carboxylic acids is 1. The van der Waals surface area contributed by atoms with Crippen LogP contribution < -0.4 is 30.2 Å². The Balaban J connectivity index is 2.05. The molecule has 0 aliphatic carbocycles. The van der Waals surface area contributed by atoms with E-state index in [0.29, 0.717) is 49.9 Å². The van der Waals surface area contributed by atoms with Gasteiger partial charge >= 0.3 is 0 Å². The van der Waals surface area contributed by atoms with E-state index >= 15 is 0 Å². The first kappa shape index (κ1) is 21.7. The van der Waals surface area contributed by atoms with Gasteiger partial charge < -0.3 is 30.2 Å². The maximum atomic E-state index is 13.2. The summed E-state index contributed by atoms with van der Waals surface area (Å²) >= 11 is 11.3. The number of nitrogens with one attached hydrogen (secondary N) is 3. The summed E-state index contributed by atoms with van der Waals surface area (Å²) in [7, 11) is 4.64. The SMILES string of the molecule is COc1cc(OC)c([C@@H]2NC(=S)NC(C)=C2C(=O)Nc2ccc(Cl)cc2)cc1OC. The monoisotopic (exact) mass is 447 g/mol. The number of hydrogen-bond acceptors (Lipinski definition) is 5. The highest BCUT2D eigenvalue weighted by Crippen LogP contribution is 2.40. The minimum atomic E-state index is -0.569. The molecule has 30 heavy (non-hydrogen) atoms. The fourth-order valence-electron chi connectivity index (χ4n) is 3.24. The van der Waals surface area contributed by atoms with E-state index in [0.717, 1.165) is 0 Å². The molecule has 1 amide bonds. The van der Waals surface area contributed by atoms with Gasteiger partial charge in [-0.05, 0) is 49.5 Å². The Morgan fingerprint density at radius 3 is 2.23 bits per heavy atom. The molecule has 0 fully saturated rings. The van der Waals surface area contributed by atoms with Crippen molar-refractivity contribution in [2.24, 2.45) is 0 Å². The molecule has 3 rings (SSSR count). The van der Waals surface area contributed by atoms with E-state index in [1.165, 1.54) is 0 Å². The van der Waals surface area contributed by atoms with Crippen molar-refractivity contribution in [1.82, 2.24) is 10.6 Å². The van der Waals surface area contributed by atoms with Crippen molar-refractivity contribution in [3.63, 3.8) is 0 Å². The number of hydrogen-bond donors (Lipinski definition) is 3. The number of ether oxygens (including phenoxy) is 3. The number of anilines is 1. The largest absolute Gasteiger partial charge is 0.496 e. The zero-order valence-electron chi connectivity index (χ0n) is 17.0. The molecular weight excluding hydrogens is 426 g/mol. The molecule has 3 N–H and O–H groups in total. The number of benzene rings is 2. The van der Waals surface area contributed by atoms with E-state index in [9.17, 15) is 4.79 Å². The molecule has 1 aliphatic heterocycles. The van der Waals surface area contributed by atoms with Crippen molar-refractivity contribution >= 4 is 40.5 Å². The summed E-state index contributed by atoms with van der Waals surface area (Å²) in [6, 6.07) is 9.80. The van der Waals surface area contributed by atoms with Crippen molar-refractivity contribution in [3.8, 4) is 17.2 Å². The maximum absolute atomic E-state index is 13.2. The molecule has 7 nitrogen and oxygen atoms in total. The third-order valence-electron chi connectivity index (χ3n) is 4.66. The van der Waals surface area contributed by atoms with E-state index < -0.39 is 6.04 Å². The standard InChI is InChI=1S/C21H22ClN3O4S/c1-11-18(20(26)24-13-7-5-12(22)6-8-13)19(25-21(30)23-11)14-9-16(28-3)17(29-4)10-15(14)27-2/h5-10,19H,1-4H3,(H,24,26)(H2,23,25,30)/t19-/m0/s1. The van der Waals surface area contributed by atoms with Gasteiger partial charge in [0.15, 0.2) is 16.6 Å². The molecular formula is C21H22ClN3O4S. The lowest BCUT2D eigenvalue weighted by molar-refractivity contribution is -0.113. The third kappa shape index (κ3) is 4.44. The molecule has 1 heterocycles. The lowest BCUT2D eigenvalue weighted by atomic mass is 9.93. The van der Waals surface area contributed by atoms with Crippen molar-refractivity contribution in [2.45, 2.75) is 13.0 Å². The van der Waals surface area contributed by atoms with Gasteiger partial charge in [0.25, 0.3) is 5.91 Å². The average Bonchev–Trinajstić information content (AvgIpc) is 2.73. The summed E-state index contributed by atoms with van der Waals surface area (Å²) in [6.07, 6.45) is 0. The van der Waals surface area contributed by atoms with Crippen molar-refractivity contribution in [2.75, 3.05) is 26.6 Å². The van der Waals surface area contributed by atoms with E-state index in [-0.39, 0.29) is 5.91 Å². The highest BCUT2D eigenvalue weighted by molar-refractivity contribution is 7.80. The Morgan fingerprint density at radius 1 is 1.03 bits per heavy atom. The smallest absolute Gasteiger partial charge is 0.255 e. The molecule has 9 heteroatoms. The zero-order valence-corrected chi connectivity index (χ0v) is 18.5. The molecule has 0 unspecified atom stereocenters. The molecule has 0 aromatic heterocycles. The maximum Gasteiger partial charge on any atom is 0.255 e. The van der Waals surface area contributed by atoms with Crippen LogP contribution in [0.15, 0.2) is 47.7 Å². The molecule has 2 aromatic rings. The Bertz CT molecular complexity index is 1010. The van der Waals surface area contributed by atoms with Crippen LogP contribution in [0.4, 0.5) is 5.69 Å². The highest BCUT2D eigenvalue weighted by atomic mass is 35.5. The van der Waals surface area contributed by atoms with Crippen LogP contribution in [-0.4, -0.2) is 32.3 Å². The van der Waals surface area contributed by atoms with Gasteiger partial charge in [-0.2, -0.15) is 0 Å². The van der Waals surface area contributed by atoms with Crippen LogP contribution in [0.25, 0.3) is 0 Å². The van der Waals surface area contributed by atoms with E-state index in [1.54, 1.807) is 64.7 Å². The van der Waals surface area contributed by atoms with Gasteiger partial charge in [-0.3, -0.25) is 4.79 Å². The molecule has 1 aliphatic rings. The quantitative estimate of drug-likeness (QED) is 0.581. The first-order chi connectivity index (χ1) is 14.4. The van der Waals surface area contributed by atoms with Gasteiger partial charge in [0.1, 0.15) is 5.75 Å². The molecule has 2 aromatic carbocycles. The minimum Gasteiger partial charge on any atom is -0.496 e. The van der Waals surface area contributed by atoms with Gasteiger partial charge in [0.2, 0.25) is 0 Å². The van der Waals surface area contributed by atoms with E-state index in [1.807, 2.05) is 0 Å². The number of amides is 1. The summed E-state index contributed by atoms with van der Waals surface area (Å²) in [5.74, 6) is 1.26. The number of thiocarbonyl (C=S) groups is 1. The van der Waals surface area contributed by atoms with Crippen LogP contribution in [0.2, 0.25) is 5.02 Å². The number of methoxy groups -OCH3 is 3. The van der Waals surface area contributed by atoms with Crippen LogP contribution >= 0.6 is 23.8 Å². The first-order valence-electron chi connectivity index (χ1n) is 9.03. The summed E-state index contributed by atoms with van der Waals surface area (Å²) in [5, 5.41) is 10.1. The number of allylic oxidation sites excluding steroid dienone is 1. The molecule has 0 saturated carbocycles. The Labute approximate surface area is 185 Å². The van der Waals surface area contributed by atoms with Gasteiger partial charge in [-0.15, -0.1) is 0 Å². The van der Waals surface area contributed by atoms with Gasteiger partial charge in [-0.1, -0.05) is 11.6 Å². The molecule has 0 radical (unpaired) electrons. The topological polar surface area (TPSA) is 80.9 Å². The van der Waals surface area contributed by atoms with Crippen LogP contribution in [0.5, 0.6) is 17.2 Å². The predicted octanol–water partition coefficient (Wildman–Crippen LogP) is 3.80. The van der Waals surface area contributed by atoms with Gasteiger partial charge in [0, 0.05) is 28.0 Å². The lowest BCUT2D eigenvalue weighted by Gasteiger charge is -2.31. The zero-order chi connectivity index (χ0) is 21.8. The fraction of sp³-hybridized carbons (Fsp3) is 0.238. The molecule has 1 atom stereocenters. The highest BCUT2D eigenvalue weighted by Gasteiger charge is 2.33. The van der Waals surface area contributed by atoms with Crippen LogP contribution in [0, 0.1) is 0 Å². The summed E-state index contributed by atoms with van der Waals surface area (Å²) in [5.41, 5.74) is 2.40. The number of halogens is 1. The second-order valence-corrected chi connectivity index (χ2v) is 7.32. The Hall–Kier alpha value is -2.97. The second-order valence-electron chi connectivity index (χ2n) is 6.48. The summed E-state index contributed by atoms with van der Waals surface area (Å²) in [6.45, 7) is 1.80. The number of carbonyl (C=O) groups is 1. The van der Waals surface area contributed by atoms with Gasteiger partial charge in [-0.25, -0.2) is 0 Å². The van der Waals surface area contributed by atoms with Crippen LogP contribution in [0.1, 0.15) is 18.5 Å². The minimum absolute atomic E-state index is 0.292. The van der Waals surface area contributed by atoms with Crippen LogP contribution in [0.3, 0.4) is 0 Å². The normalized spacial score (nSPS) is 15.8. The van der Waals surface area contributed by atoms with Crippen LogP contribution in [-0.2, 0) is 4.79 Å². The average molecular weight is 448 g/mol. The first-order valence-corrected chi connectivity index (χ1v) is 9.81. The fourth-order valence-corrected chi connectivity index (χ4v) is 3.64. The molecule has 0 bridgehead atoms. The Kier molecular flexibility index (Phi) is 6.69. The van der Waals surface area contributed by atoms with E-state index in [4.69, 9.17) is 38.0 Å². The lowest BCUT2D eigenvalue weighted by Crippen LogP contribution is -2.45. The summed E-state index contributed by atoms with van der Waals surface area (Å²) < 4.78 is 16.4. The molecule has 0 saturated heterocycles. The van der Waals surface area contributed by atoms with Crippen molar-refractivity contribution in [3.05, 3.63) is 58.3 Å². The second kappa shape index (κ2) is 9.23. The molecule has 0 spiro atoms. The van der Waals surface area contributed by atoms with Gasteiger partial charge in [0.05, 0.1) is 32.9 Å². The predicted molar refractivity (Wildman–Crippen MR) is 120 cm³/mol. The number of rotatable bonds is 6. The van der Waals surface area contributed by atoms with Crippen molar-refractivity contribution < 1.29 is 19.0 Å². The van der Waals surface area contributed by atoms with Crippen molar-refractivity contribution in [1.29, 1.82) is 0 Å². The molecule has 158 valence electrons. The Morgan fingerprint density at radius 2 is 1.63 bits per heavy atom. The van der Waals surface area contributed by atoms with E-state index in [2.05, 4.69) is 16.0 Å². The third-order valence-corrected chi connectivity index (χ3v) is 5.13. The summed E-state index contributed by atoms with van der Waals surface area (Å²) in [4.78, 5) is 13.2.